The van der Waals surface area contributed by atoms with Crippen LogP contribution in [0.1, 0.15) is 41.1 Å². The van der Waals surface area contributed by atoms with Gasteiger partial charge in [0.1, 0.15) is 12.6 Å². The zero-order valence-electron chi connectivity index (χ0n) is 20.6. The van der Waals surface area contributed by atoms with E-state index in [-0.39, 0.29) is 18.3 Å². The van der Waals surface area contributed by atoms with Crippen molar-refractivity contribution in [2.45, 2.75) is 57.3 Å². The Labute approximate surface area is 215 Å². The summed E-state index contributed by atoms with van der Waals surface area (Å²) in [4.78, 5) is 21.1. The van der Waals surface area contributed by atoms with E-state index in [4.69, 9.17) is 14.5 Å². The van der Waals surface area contributed by atoms with Crippen molar-refractivity contribution >= 4 is 30.0 Å². The lowest BCUT2D eigenvalue weighted by Gasteiger charge is -2.19. The molecule has 0 aliphatic heterocycles. The summed E-state index contributed by atoms with van der Waals surface area (Å²) >= 11 is 3.46. The second-order valence-corrected chi connectivity index (χ2v) is 16.7. The van der Waals surface area contributed by atoms with Gasteiger partial charge >= 0.3 is 5.97 Å². The number of hydrogen-bond donors (Lipinski definition) is 1. The molecule has 2 unspecified atom stereocenters. The molecule has 0 spiro atoms. The summed E-state index contributed by atoms with van der Waals surface area (Å²) in [5, 5.41) is 10.7. The van der Waals surface area contributed by atoms with E-state index in [2.05, 4.69) is 45.1 Å². The highest BCUT2D eigenvalue weighted by molar-refractivity contribution is 9.10. The number of rotatable bonds is 9. The summed E-state index contributed by atoms with van der Waals surface area (Å²) in [5.74, 6) is 0.443. The van der Waals surface area contributed by atoms with E-state index >= 15 is 0 Å². The van der Waals surface area contributed by atoms with E-state index in [0.29, 0.717) is 19.8 Å². The predicted octanol–water partition coefficient (Wildman–Crippen LogP) is 5.30. The van der Waals surface area contributed by atoms with Crippen LogP contribution in [0.15, 0.2) is 47.2 Å². The molecule has 0 saturated carbocycles. The molecule has 4 rings (SSSR count). The van der Waals surface area contributed by atoms with E-state index in [9.17, 15) is 9.90 Å². The molecule has 2 heterocycles. The van der Waals surface area contributed by atoms with Gasteiger partial charge in [0, 0.05) is 30.9 Å². The minimum absolute atomic E-state index is 0.124. The van der Waals surface area contributed by atoms with Gasteiger partial charge in [0.15, 0.2) is 0 Å². The molecule has 0 bridgehead atoms. The van der Waals surface area contributed by atoms with Crippen molar-refractivity contribution in [3.63, 3.8) is 0 Å². The van der Waals surface area contributed by atoms with Crippen molar-refractivity contribution in [1.82, 2.24) is 14.5 Å². The second-order valence-electron chi connectivity index (χ2n) is 10.2. The molecule has 9 heteroatoms. The van der Waals surface area contributed by atoms with E-state index in [1.165, 1.54) is 7.11 Å². The van der Waals surface area contributed by atoms with Crippen LogP contribution in [0.5, 0.6) is 0 Å². The Morgan fingerprint density at radius 3 is 2.63 bits per heavy atom. The van der Waals surface area contributed by atoms with Gasteiger partial charge < -0.3 is 19.1 Å². The molecule has 186 valence electrons. The lowest BCUT2D eigenvalue weighted by Crippen LogP contribution is -2.22. The maximum absolute atomic E-state index is 11.6. The van der Waals surface area contributed by atoms with Crippen molar-refractivity contribution in [2.75, 3.05) is 13.7 Å². The van der Waals surface area contributed by atoms with Gasteiger partial charge in [-0.15, -0.1) is 0 Å². The average Bonchev–Trinajstić information content (AvgIpc) is 3.37. The topological polar surface area (TPSA) is 86.5 Å². The molecule has 35 heavy (non-hydrogen) atoms. The Morgan fingerprint density at radius 1 is 1.20 bits per heavy atom. The van der Waals surface area contributed by atoms with E-state index in [1.807, 2.05) is 36.5 Å². The van der Waals surface area contributed by atoms with Gasteiger partial charge in [-0.05, 0) is 45.6 Å². The highest BCUT2D eigenvalue weighted by Crippen LogP contribution is 2.44. The van der Waals surface area contributed by atoms with Gasteiger partial charge in [-0.25, -0.2) is 4.98 Å². The maximum atomic E-state index is 11.6. The van der Waals surface area contributed by atoms with Gasteiger partial charge in [-0.3, -0.25) is 9.78 Å². The number of aliphatic hydroxyl groups is 1. The first kappa shape index (κ1) is 25.8. The minimum atomic E-state index is -1.22. The highest BCUT2D eigenvalue weighted by Gasteiger charge is 2.35. The van der Waals surface area contributed by atoms with Gasteiger partial charge in [0.2, 0.25) is 0 Å². The first-order valence-corrected chi connectivity index (χ1v) is 16.3. The van der Waals surface area contributed by atoms with Gasteiger partial charge in [-0.1, -0.05) is 43.9 Å². The average molecular weight is 559 g/mol. The molecular weight excluding hydrogens is 526 g/mol. The number of esters is 1. The van der Waals surface area contributed by atoms with Crippen molar-refractivity contribution in [3.05, 3.63) is 69.8 Å². The van der Waals surface area contributed by atoms with Crippen LogP contribution in [0.2, 0.25) is 25.7 Å². The lowest BCUT2D eigenvalue weighted by molar-refractivity contribution is -0.139. The van der Waals surface area contributed by atoms with Crippen LogP contribution in [0.25, 0.3) is 11.3 Å². The van der Waals surface area contributed by atoms with Crippen LogP contribution in [0.4, 0.5) is 0 Å². The van der Waals surface area contributed by atoms with Crippen LogP contribution in [-0.4, -0.2) is 47.4 Å². The number of ether oxygens (including phenoxy) is 2. The zero-order chi connectivity index (χ0) is 25.2. The molecule has 0 saturated heterocycles. The number of carbonyl (C=O) groups is 1. The third kappa shape index (κ3) is 6.09. The summed E-state index contributed by atoms with van der Waals surface area (Å²) in [6, 6.07) is 10.9. The van der Waals surface area contributed by atoms with Crippen LogP contribution >= 0.6 is 15.9 Å². The Bertz CT molecular complexity index is 1190. The summed E-state index contributed by atoms with van der Waals surface area (Å²) in [7, 11) is 0.177. The number of carbonyl (C=O) groups excluding carboxylic acids is 1. The number of benzene rings is 1. The molecular formula is C26H32BrN3O4Si. The minimum Gasteiger partial charge on any atom is -0.469 e. The number of imidazole rings is 1. The normalized spacial score (nSPS) is 17.4. The molecule has 3 aromatic rings. The monoisotopic (exact) mass is 557 g/mol. The van der Waals surface area contributed by atoms with E-state index < -0.39 is 14.2 Å². The number of nitrogens with zero attached hydrogens (tertiary/aromatic N) is 3. The van der Waals surface area contributed by atoms with Gasteiger partial charge in [0.25, 0.3) is 0 Å². The lowest BCUT2D eigenvalue weighted by atomic mass is 10.1. The zero-order valence-corrected chi connectivity index (χ0v) is 23.2. The molecule has 7 nitrogen and oxygen atoms in total. The van der Waals surface area contributed by atoms with Crippen LogP contribution in [0.3, 0.4) is 0 Å². The van der Waals surface area contributed by atoms with Gasteiger partial charge in [0.05, 0.1) is 43.1 Å². The number of aromatic nitrogens is 3. The Kier molecular flexibility index (Phi) is 7.90. The largest absolute Gasteiger partial charge is 0.469 e. The van der Waals surface area contributed by atoms with E-state index in [0.717, 1.165) is 44.4 Å². The number of aliphatic hydroxyl groups excluding tert-OH is 1. The van der Waals surface area contributed by atoms with Gasteiger partial charge in [-0.2, -0.15) is 0 Å². The van der Waals surface area contributed by atoms with Crippen LogP contribution < -0.4 is 0 Å². The molecule has 2 atom stereocenters. The molecule has 2 aromatic heterocycles. The SMILES string of the molecule is COC(=O)Cc1ccc(-c2cnc(C3CC(O)c4cc(Br)cnc43)n2COCC[Si](C)(C)C)cc1. The molecule has 1 aliphatic rings. The van der Waals surface area contributed by atoms with Crippen molar-refractivity contribution in [1.29, 1.82) is 0 Å². The Balaban J connectivity index is 1.66. The van der Waals surface area contributed by atoms with E-state index in [1.54, 1.807) is 6.20 Å². The molecule has 1 N–H and O–H groups in total. The standard InChI is InChI=1S/C26H32BrN3O4Si/c1-33-24(32)11-17-5-7-18(8-6-17)22-15-29-26(30(22)16-34-9-10-35(2,3)4)21-13-23(31)20-12-19(27)14-28-25(20)21/h5-8,12,14-15,21,23,31H,9-11,13,16H2,1-4H3. The van der Waals surface area contributed by atoms with Crippen molar-refractivity contribution < 1.29 is 19.4 Å². The molecule has 0 fully saturated rings. The maximum Gasteiger partial charge on any atom is 0.309 e. The summed E-state index contributed by atoms with van der Waals surface area (Å²) in [6.45, 7) is 8.07. The fourth-order valence-electron chi connectivity index (χ4n) is 4.31. The number of fused-ring (bicyclic) bond motifs is 1. The smallest absolute Gasteiger partial charge is 0.309 e. The highest BCUT2D eigenvalue weighted by atomic mass is 79.9. The first-order valence-electron chi connectivity index (χ1n) is 11.8. The summed E-state index contributed by atoms with van der Waals surface area (Å²) < 4.78 is 13.9. The predicted molar refractivity (Wildman–Crippen MR) is 141 cm³/mol. The third-order valence-corrected chi connectivity index (χ3v) is 8.44. The molecule has 1 aliphatic carbocycles. The van der Waals surface area contributed by atoms with Crippen molar-refractivity contribution in [3.8, 4) is 11.3 Å². The fourth-order valence-corrected chi connectivity index (χ4v) is 5.42. The first-order chi connectivity index (χ1) is 16.7. The number of pyridine rings is 1. The van der Waals surface area contributed by atoms with Crippen LogP contribution in [-0.2, 0) is 27.4 Å². The van der Waals surface area contributed by atoms with Crippen LogP contribution in [0, 0.1) is 0 Å². The number of methoxy groups -OCH3 is 1. The fraction of sp³-hybridized carbons (Fsp3) is 0.423. The second kappa shape index (κ2) is 10.7. The number of halogens is 1. The summed E-state index contributed by atoms with van der Waals surface area (Å²) in [6.07, 6.45) is 3.80. The Morgan fingerprint density at radius 2 is 1.94 bits per heavy atom. The summed E-state index contributed by atoms with van der Waals surface area (Å²) in [5.41, 5.74) is 4.49. The third-order valence-electron chi connectivity index (χ3n) is 6.30. The van der Waals surface area contributed by atoms with Crippen molar-refractivity contribution in [2.24, 2.45) is 0 Å². The quantitative estimate of drug-likeness (QED) is 0.218. The molecule has 1 aromatic carbocycles. The molecule has 0 amide bonds. The Hall–Kier alpha value is -2.33. The number of hydrogen-bond acceptors (Lipinski definition) is 6. The molecule has 0 radical (unpaired) electrons.